The van der Waals surface area contributed by atoms with Gasteiger partial charge in [-0.3, -0.25) is 33.6 Å². The number of hydrogen-bond donors (Lipinski definition) is 18. The Hall–Kier alpha value is -11.2. The van der Waals surface area contributed by atoms with Crippen LogP contribution >= 0.6 is 23.2 Å². The molecule has 7 amide bonds. The van der Waals surface area contributed by atoms with Crippen LogP contribution in [0.1, 0.15) is 140 Å². The summed E-state index contributed by atoms with van der Waals surface area (Å²) >= 11 is 14.1. The van der Waals surface area contributed by atoms with Crippen LogP contribution in [0, 0.1) is 5.92 Å². The molecule has 7 aromatic rings. The lowest BCUT2D eigenvalue weighted by Crippen LogP contribution is -2.65. The number of halogens is 2. The van der Waals surface area contributed by atoms with E-state index in [1.807, 2.05) is 0 Å². The van der Waals surface area contributed by atoms with Gasteiger partial charge in [-0.2, -0.15) is 0 Å². The molecule has 7 heterocycles. The summed E-state index contributed by atoms with van der Waals surface area (Å²) in [6, 6.07) is 6.55. The third-order valence-corrected chi connectivity index (χ3v) is 20.3. The van der Waals surface area contributed by atoms with E-state index in [0.29, 0.717) is 24.3 Å². The number of carboxylic acid groups (broad SMARTS) is 1. The van der Waals surface area contributed by atoms with Gasteiger partial charge in [-0.25, -0.2) is 4.79 Å². The average molecular weight is 1560 g/mol. The SMILES string of the molecule is CN[C@H]1C(=O)N[C@@H]2Cc3ccc(cc3)Oc3cc4cc(c3O[C@@H]3O[C@H](CO)[C@@H](O)[C@H](O)[C@H]3NC(=O)CCCCCCCCC(C)C)Oc3ccc(cc3Cl)[C@@H](O)[C@@H]3NC(=O)[C@H](NC(=O)[C@@H]4NC(=O)[C@@H](NC2=O)c2cc(cc(O)c2Cl)Oc2cc1ccc2O)c1ccc(O)c(c1)-c1c(O)cc(O)cc1[C@H](C(=O)O)NC3=O. The minimum atomic E-state index is -2.33. The molecule has 0 unspecified atom stereocenters. The molecule has 1 saturated heterocycles. The van der Waals surface area contributed by atoms with Gasteiger partial charge in [0.05, 0.1) is 16.7 Å². The largest absolute Gasteiger partial charge is 0.508 e. The molecule has 0 aliphatic carbocycles. The Balaban J connectivity index is 1.08. The van der Waals surface area contributed by atoms with E-state index >= 15 is 19.2 Å². The highest BCUT2D eigenvalue weighted by Gasteiger charge is 2.48. The predicted molar refractivity (Wildman–Crippen MR) is 390 cm³/mol. The van der Waals surface area contributed by atoms with Crippen LogP contribution in [0.2, 0.25) is 10.0 Å². The van der Waals surface area contributed by atoms with Gasteiger partial charge in [0.15, 0.2) is 29.0 Å². The maximum atomic E-state index is 16.4. The first kappa shape index (κ1) is 78.4. The van der Waals surface area contributed by atoms with Gasteiger partial charge in [-0.1, -0.05) is 106 Å². The van der Waals surface area contributed by atoms with Crippen molar-refractivity contribution in [2.75, 3.05) is 13.7 Å². The summed E-state index contributed by atoms with van der Waals surface area (Å²) in [5.41, 5.74) is -2.43. The molecule has 7 aromatic carbocycles. The highest BCUT2D eigenvalue weighted by molar-refractivity contribution is 6.33. The molecule has 33 heteroatoms. The molecule has 14 rings (SSSR count). The minimum absolute atomic E-state index is 0.0553. The van der Waals surface area contributed by atoms with Crippen LogP contribution < -0.4 is 61.5 Å². The number of fused-ring (bicyclic) bond motifs is 14. The van der Waals surface area contributed by atoms with E-state index in [4.69, 9.17) is 46.9 Å². The van der Waals surface area contributed by atoms with E-state index < -0.39 is 217 Å². The maximum Gasteiger partial charge on any atom is 0.330 e. The number of hydrogen-bond acceptors (Lipinski definition) is 23. The number of unbranched alkanes of at least 4 members (excludes halogenated alkanes) is 5. The number of aliphatic carboxylic acids is 1. The van der Waals surface area contributed by atoms with Crippen molar-refractivity contribution in [3.05, 3.63) is 164 Å². The monoisotopic (exact) mass is 1550 g/mol. The van der Waals surface area contributed by atoms with Crippen LogP contribution in [0.3, 0.4) is 0 Å². The molecule has 0 spiro atoms. The molecule has 580 valence electrons. The fourth-order valence-electron chi connectivity index (χ4n) is 13.8. The van der Waals surface area contributed by atoms with Gasteiger partial charge in [-0.15, -0.1) is 0 Å². The lowest BCUT2D eigenvalue weighted by molar-refractivity contribution is -0.244. The van der Waals surface area contributed by atoms with Crippen molar-refractivity contribution in [1.29, 1.82) is 0 Å². The molecule has 13 atom stereocenters. The van der Waals surface area contributed by atoms with Crippen molar-refractivity contribution in [3.8, 4) is 80.1 Å². The van der Waals surface area contributed by atoms with Gasteiger partial charge in [0.1, 0.15) is 107 Å². The third kappa shape index (κ3) is 17.0. The van der Waals surface area contributed by atoms with Crippen LogP contribution in [0.5, 0.6) is 69.0 Å². The summed E-state index contributed by atoms with van der Waals surface area (Å²) in [5.74, 6) is -15.5. The summed E-state index contributed by atoms with van der Waals surface area (Å²) < 4.78 is 32.5. The number of phenolic OH excluding ortho intramolecular Hbond substituents is 5. The summed E-state index contributed by atoms with van der Waals surface area (Å²) in [7, 11) is 1.45. The number of nitrogens with one attached hydrogen (secondary N) is 8. The number of aromatic hydroxyl groups is 5. The molecule has 7 aliphatic heterocycles. The minimum Gasteiger partial charge on any atom is -0.508 e. The molecule has 1 fully saturated rings. The van der Waals surface area contributed by atoms with Gasteiger partial charge in [0, 0.05) is 47.2 Å². The van der Waals surface area contributed by atoms with Crippen molar-refractivity contribution >= 4 is 70.5 Å². The maximum absolute atomic E-state index is 16.4. The zero-order valence-corrected chi connectivity index (χ0v) is 60.7. The molecular formula is C77H80Cl2N8O23. The first-order valence-electron chi connectivity index (χ1n) is 35.4. The van der Waals surface area contributed by atoms with Gasteiger partial charge >= 0.3 is 5.97 Å². The van der Waals surface area contributed by atoms with Crippen LogP contribution in [-0.4, -0.2) is 155 Å². The van der Waals surface area contributed by atoms with Crippen LogP contribution in [0.15, 0.2) is 115 Å². The Labute approximate surface area is 637 Å². The number of aliphatic hydroxyl groups excluding tert-OH is 4. The van der Waals surface area contributed by atoms with Gasteiger partial charge in [-0.05, 0) is 120 Å². The molecule has 18 N–H and O–H groups in total. The van der Waals surface area contributed by atoms with Crippen molar-refractivity contribution < 1.29 is 113 Å². The van der Waals surface area contributed by atoms with Crippen molar-refractivity contribution in [3.63, 3.8) is 0 Å². The van der Waals surface area contributed by atoms with Gasteiger partial charge in [0.2, 0.25) is 53.4 Å². The Morgan fingerprint density at radius 3 is 1.91 bits per heavy atom. The Kier molecular flexibility index (Phi) is 23.8. The second kappa shape index (κ2) is 33.4. The van der Waals surface area contributed by atoms with E-state index in [0.717, 1.165) is 98.8 Å². The molecule has 31 nitrogen and oxygen atoms in total. The number of amides is 7. The lowest BCUT2D eigenvalue weighted by atomic mass is 9.89. The first-order chi connectivity index (χ1) is 52.6. The standard InChI is InChI=1S/C77H80Cl2N8O23/c1-33(2)10-8-6-4-5-7-9-11-56(94)82-65-68(97)67(96)55(32-88)109-77(65)110-69-53-26-38-27-54(69)108-51-21-16-37(24-45(51)78)66(95)64-75(103)86-63(76(104)105)43-28-39(89)29-49(92)57(43)42-23-35(14-19-47(42)90)60(72(100)87-64)83-73(101)61(38)84-74(102)62-44-30-41(31-50(93)58(44)79)107-52-25-36(15-20-48(52)91)59(80-3)71(99)81-46(70(98)85-62)22-34-12-17-40(106-53)18-13-34/h12-21,23-31,33,46,55,59-68,77,80,88-93,95-97H,4-11,22,32H2,1-3H3,(H,81,99)(H,82,94)(H,83,101)(H,84,102)(H,85,98)(H,86,103)(H,87,100)(H,104,105)/t46-,55-,59-,60-,61-,62+,63-,64+,65-,66-,67-,68-,77+/m1/s1. The molecule has 110 heavy (non-hydrogen) atoms. The number of phenols is 5. The van der Waals surface area contributed by atoms with Crippen LogP contribution in [0.25, 0.3) is 11.1 Å². The molecule has 0 aromatic heterocycles. The summed E-state index contributed by atoms with van der Waals surface area (Å²) in [4.78, 5) is 121. The normalized spacial score (nSPS) is 23.9. The molecule has 0 saturated carbocycles. The van der Waals surface area contributed by atoms with Gasteiger partial charge < -0.3 is 117 Å². The fourth-order valence-corrected chi connectivity index (χ4v) is 14.3. The smallest absolute Gasteiger partial charge is 0.330 e. The Morgan fingerprint density at radius 2 is 1.21 bits per heavy atom. The average Bonchev–Trinajstić information content (AvgIpc) is 0.773. The van der Waals surface area contributed by atoms with Crippen LogP contribution in [-0.2, 0) is 49.5 Å². The number of carboxylic acids is 1. The number of ether oxygens (including phenoxy) is 5. The number of carbonyl (C=O) groups excluding carboxylic acids is 7. The van der Waals surface area contributed by atoms with E-state index in [9.17, 15) is 70.2 Å². The summed E-state index contributed by atoms with van der Waals surface area (Å²) in [5, 5.41) is 134. The first-order valence-corrected chi connectivity index (χ1v) is 36.2. The summed E-state index contributed by atoms with van der Waals surface area (Å²) in [6.07, 6.45) is -3.92. The summed E-state index contributed by atoms with van der Waals surface area (Å²) in [6.45, 7) is 3.38. The van der Waals surface area contributed by atoms with Crippen molar-refractivity contribution in [2.24, 2.45) is 5.92 Å². The number of aliphatic hydroxyl groups is 4. The highest BCUT2D eigenvalue weighted by Crippen LogP contribution is 2.50. The van der Waals surface area contributed by atoms with E-state index in [1.165, 1.54) is 55.6 Å². The van der Waals surface area contributed by atoms with Gasteiger partial charge in [0.25, 0.3) is 0 Å². The lowest BCUT2D eigenvalue weighted by Gasteiger charge is -2.42. The van der Waals surface area contributed by atoms with Crippen molar-refractivity contribution in [2.45, 2.75) is 151 Å². The Morgan fingerprint density at radius 1 is 0.573 bits per heavy atom. The topological polar surface area (TPSA) is 481 Å². The molecular weight excluding hydrogens is 1480 g/mol. The second-order valence-electron chi connectivity index (χ2n) is 27.8. The van der Waals surface area contributed by atoms with Crippen LogP contribution in [0.4, 0.5) is 0 Å². The second-order valence-corrected chi connectivity index (χ2v) is 28.5. The van der Waals surface area contributed by atoms with E-state index in [-0.39, 0.29) is 52.5 Å². The zero-order valence-electron chi connectivity index (χ0n) is 59.2. The quantitative estimate of drug-likeness (QED) is 0.0479. The van der Waals surface area contributed by atoms with Crippen molar-refractivity contribution in [1.82, 2.24) is 42.5 Å². The fraction of sp³-hybridized carbons (Fsp3) is 0.351. The predicted octanol–water partition coefficient (Wildman–Crippen LogP) is 6.62. The molecule has 17 bridgehead atoms. The number of benzene rings is 7. The number of carbonyl (C=O) groups is 8. The third-order valence-electron chi connectivity index (χ3n) is 19.6. The van der Waals surface area contributed by atoms with E-state index in [2.05, 4.69) is 56.4 Å². The number of rotatable bonds is 15. The number of likely N-dealkylation sites (N-methyl/N-ethyl adjacent to an activating group) is 1. The Bertz CT molecular complexity index is 4740. The molecule has 7 aliphatic rings. The zero-order chi connectivity index (χ0) is 78.7. The molecule has 0 radical (unpaired) electrons. The highest BCUT2D eigenvalue weighted by atomic mass is 35.5. The van der Waals surface area contributed by atoms with E-state index in [1.54, 1.807) is 0 Å².